The Balaban J connectivity index is 1.98. The Morgan fingerprint density at radius 3 is 2.67 bits per heavy atom. The van der Waals surface area contributed by atoms with Gasteiger partial charge in [-0.3, -0.25) is 4.79 Å². The van der Waals surface area contributed by atoms with E-state index in [9.17, 15) is 13.2 Å². The van der Waals surface area contributed by atoms with Crippen LogP contribution in [-0.2, 0) is 14.8 Å². The molecule has 1 aliphatic rings. The summed E-state index contributed by atoms with van der Waals surface area (Å²) in [6.45, 7) is 1.75. The highest BCUT2D eigenvalue weighted by atomic mass is 32.2. The highest BCUT2D eigenvalue weighted by Crippen LogP contribution is 2.29. The van der Waals surface area contributed by atoms with Gasteiger partial charge < -0.3 is 10.1 Å². The van der Waals surface area contributed by atoms with E-state index in [2.05, 4.69) is 10.0 Å². The van der Waals surface area contributed by atoms with E-state index in [0.717, 1.165) is 5.75 Å². The van der Waals surface area contributed by atoms with Gasteiger partial charge in [0.2, 0.25) is 15.9 Å². The van der Waals surface area contributed by atoms with Gasteiger partial charge in [-0.25, -0.2) is 13.1 Å². The first-order valence-electron chi connectivity index (χ1n) is 7.99. The van der Waals surface area contributed by atoms with E-state index >= 15 is 0 Å². The van der Waals surface area contributed by atoms with Crippen molar-refractivity contribution in [1.29, 1.82) is 0 Å². The number of benzene rings is 1. The van der Waals surface area contributed by atoms with Gasteiger partial charge in [-0.1, -0.05) is 12.8 Å². The van der Waals surface area contributed by atoms with Gasteiger partial charge in [0.15, 0.2) is 0 Å². The van der Waals surface area contributed by atoms with Crippen LogP contribution in [0.2, 0.25) is 0 Å². The third-order valence-electron chi connectivity index (χ3n) is 3.84. The molecule has 2 N–H and O–H groups in total. The normalized spacial score (nSPS) is 15.4. The number of methoxy groups -OCH3 is 1. The maximum Gasteiger partial charge on any atom is 0.240 e. The molecule has 0 heterocycles. The fourth-order valence-corrected chi connectivity index (χ4v) is 5.09. The molecule has 1 amide bonds. The van der Waals surface area contributed by atoms with Crippen LogP contribution in [0.25, 0.3) is 0 Å². The molecular weight excluding hydrogens is 348 g/mol. The molecule has 1 saturated carbocycles. The fourth-order valence-electron chi connectivity index (χ4n) is 2.68. The van der Waals surface area contributed by atoms with Gasteiger partial charge in [-0.2, -0.15) is 11.8 Å². The van der Waals surface area contributed by atoms with Crippen LogP contribution in [0.1, 0.15) is 32.6 Å². The van der Waals surface area contributed by atoms with Crippen LogP contribution in [0.15, 0.2) is 23.1 Å². The maximum atomic E-state index is 12.4. The minimum absolute atomic E-state index is 0.109. The lowest BCUT2D eigenvalue weighted by Crippen LogP contribution is -2.26. The molecule has 6 nitrogen and oxygen atoms in total. The molecule has 0 unspecified atom stereocenters. The van der Waals surface area contributed by atoms with E-state index in [4.69, 9.17) is 4.74 Å². The van der Waals surface area contributed by atoms with Crippen LogP contribution in [0.3, 0.4) is 0 Å². The summed E-state index contributed by atoms with van der Waals surface area (Å²) in [6, 6.07) is 4.41. The van der Waals surface area contributed by atoms with Crippen molar-refractivity contribution in [1.82, 2.24) is 4.72 Å². The monoisotopic (exact) mass is 372 g/mol. The van der Waals surface area contributed by atoms with Gasteiger partial charge in [0.25, 0.3) is 0 Å². The van der Waals surface area contributed by atoms with Crippen LogP contribution in [0.5, 0.6) is 5.75 Å². The van der Waals surface area contributed by atoms with Gasteiger partial charge in [0, 0.05) is 24.5 Å². The zero-order chi connectivity index (χ0) is 17.6. The van der Waals surface area contributed by atoms with E-state index in [1.165, 1.54) is 57.9 Å². The molecule has 0 saturated heterocycles. The number of anilines is 1. The number of carbonyl (C=O) groups excluding carboxylic acids is 1. The van der Waals surface area contributed by atoms with Gasteiger partial charge in [0.1, 0.15) is 5.75 Å². The highest BCUT2D eigenvalue weighted by Gasteiger charge is 2.18. The van der Waals surface area contributed by atoms with E-state index in [1.807, 2.05) is 11.8 Å². The predicted octanol–water partition coefficient (Wildman–Crippen LogP) is 2.61. The molecular formula is C16H24N2O4S2. The predicted molar refractivity (Wildman–Crippen MR) is 97.2 cm³/mol. The van der Waals surface area contributed by atoms with Crippen LogP contribution in [0.4, 0.5) is 5.69 Å². The van der Waals surface area contributed by atoms with Crippen molar-refractivity contribution in [2.45, 2.75) is 42.8 Å². The Hall–Kier alpha value is -1.25. The average Bonchev–Trinajstić information content (AvgIpc) is 3.04. The molecule has 0 spiro atoms. The number of ether oxygens (including phenoxy) is 1. The summed E-state index contributed by atoms with van der Waals surface area (Å²) in [6.07, 6.45) is 5.02. The summed E-state index contributed by atoms with van der Waals surface area (Å²) in [5.74, 6) is 0.892. The first-order chi connectivity index (χ1) is 11.4. The topological polar surface area (TPSA) is 84.5 Å². The summed E-state index contributed by atoms with van der Waals surface area (Å²) >= 11 is 1.83. The van der Waals surface area contributed by atoms with Crippen molar-refractivity contribution >= 4 is 33.4 Å². The number of rotatable bonds is 8. The molecule has 1 fully saturated rings. The second-order valence-electron chi connectivity index (χ2n) is 5.72. The standard InChI is InChI=1S/C16H24N2O4S2/c1-12(19)18-15-11-14(7-8-16(15)22-2)24(20,21)17-9-10-23-13-5-3-4-6-13/h7-8,11,13,17H,3-6,9-10H2,1-2H3,(H,18,19). The van der Waals surface area contributed by atoms with E-state index in [1.54, 1.807) is 0 Å². The Kier molecular flexibility index (Phi) is 6.94. The second kappa shape index (κ2) is 8.73. The van der Waals surface area contributed by atoms with Gasteiger partial charge in [-0.05, 0) is 31.0 Å². The molecule has 0 radical (unpaired) electrons. The number of nitrogens with one attached hydrogen (secondary N) is 2. The van der Waals surface area contributed by atoms with E-state index in [0.29, 0.717) is 23.2 Å². The molecule has 2 rings (SSSR count). The number of hydrogen-bond donors (Lipinski definition) is 2. The Morgan fingerprint density at radius 2 is 2.04 bits per heavy atom. The van der Waals surface area contributed by atoms with Crippen molar-refractivity contribution in [3.05, 3.63) is 18.2 Å². The molecule has 134 valence electrons. The first kappa shape index (κ1) is 19.1. The minimum atomic E-state index is -3.61. The summed E-state index contributed by atoms with van der Waals surface area (Å²) in [4.78, 5) is 11.4. The Morgan fingerprint density at radius 1 is 1.33 bits per heavy atom. The van der Waals surface area contributed by atoms with Crippen molar-refractivity contribution in [3.63, 3.8) is 0 Å². The lowest BCUT2D eigenvalue weighted by atomic mass is 10.3. The molecule has 8 heteroatoms. The number of carbonyl (C=O) groups is 1. The third kappa shape index (κ3) is 5.39. The lowest BCUT2D eigenvalue weighted by molar-refractivity contribution is -0.114. The van der Waals surface area contributed by atoms with Crippen molar-refractivity contribution in [2.75, 3.05) is 24.7 Å². The Labute approximate surface area is 147 Å². The van der Waals surface area contributed by atoms with Crippen molar-refractivity contribution in [2.24, 2.45) is 0 Å². The number of thioether (sulfide) groups is 1. The zero-order valence-electron chi connectivity index (χ0n) is 14.0. The molecule has 1 aliphatic carbocycles. The lowest BCUT2D eigenvalue weighted by Gasteiger charge is -2.13. The van der Waals surface area contributed by atoms with E-state index in [-0.39, 0.29) is 10.8 Å². The summed E-state index contributed by atoms with van der Waals surface area (Å²) in [7, 11) is -2.14. The summed E-state index contributed by atoms with van der Waals surface area (Å²) in [5.41, 5.74) is 0.341. The third-order valence-corrected chi connectivity index (χ3v) is 6.68. The van der Waals surface area contributed by atoms with Crippen molar-refractivity contribution < 1.29 is 17.9 Å². The van der Waals surface area contributed by atoms with E-state index < -0.39 is 10.0 Å². The number of hydrogen-bond acceptors (Lipinski definition) is 5. The quantitative estimate of drug-likeness (QED) is 0.685. The SMILES string of the molecule is COc1ccc(S(=O)(=O)NCCSC2CCCC2)cc1NC(C)=O. The largest absolute Gasteiger partial charge is 0.495 e. The maximum absolute atomic E-state index is 12.4. The molecule has 1 aromatic carbocycles. The molecule has 0 aliphatic heterocycles. The van der Waals surface area contributed by atoms with Crippen LogP contribution in [0, 0.1) is 0 Å². The Bertz CT molecular complexity index is 671. The first-order valence-corrected chi connectivity index (χ1v) is 10.5. The molecule has 0 atom stereocenters. The zero-order valence-corrected chi connectivity index (χ0v) is 15.6. The number of amides is 1. The van der Waals surface area contributed by atoms with Gasteiger partial charge in [0.05, 0.1) is 17.7 Å². The summed E-state index contributed by atoms with van der Waals surface area (Å²) in [5, 5.41) is 3.25. The van der Waals surface area contributed by atoms with Crippen LogP contribution >= 0.6 is 11.8 Å². The fraction of sp³-hybridized carbons (Fsp3) is 0.562. The molecule has 1 aromatic rings. The van der Waals surface area contributed by atoms with Gasteiger partial charge in [-0.15, -0.1) is 0 Å². The summed E-state index contributed by atoms with van der Waals surface area (Å²) < 4.78 is 32.5. The average molecular weight is 373 g/mol. The number of sulfonamides is 1. The smallest absolute Gasteiger partial charge is 0.240 e. The van der Waals surface area contributed by atoms with Crippen molar-refractivity contribution in [3.8, 4) is 5.75 Å². The second-order valence-corrected chi connectivity index (χ2v) is 8.89. The van der Waals surface area contributed by atoms with Crippen LogP contribution in [-0.4, -0.2) is 39.0 Å². The van der Waals surface area contributed by atoms with Gasteiger partial charge >= 0.3 is 0 Å². The van der Waals surface area contributed by atoms with Crippen LogP contribution < -0.4 is 14.8 Å². The minimum Gasteiger partial charge on any atom is -0.495 e. The highest BCUT2D eigenvalue weighted by molar-refractivity contribution is 8.00. The molecule has 0 bridgehead atoms. The molecule has 24 heavy (non-hydrogen) atoms. The molecule has 0 aromatic heterocycles.